The van der Waals surface area contributed by atoms with Crippen LogP contribution in [0.4, 0.5) is 0 Å². The van der Waals surface area contributed by atoms with Crippen molar-refractivity contribution in [3.63, 3.8) is 0 Å². The maximum absolute atomic E-state index is 12.3. The molecule has 4 aromatic rings. The number of hydrazine groups is 1. The number of rotatable bonds is 6. The van der Waals surface area contributed by atoms with Crippen LogP contribution in [0.15, 0.2) is 83.4 Å². The SMILES string of the molecule is O=C(Cc1noc2ccccc12)NNC(=O)c1ccc(COc2ccccc2)cc1. The lowest BCUT2D eigenvalue weighted by molar-refractivity contribution is -0.121. The molecule has 150 valence electrons. The van der Waals surface area contributed by atoms with Crippen molar-refractivity contribution in [3.05, 3.63) is 95.7 Å². The number of carbonyl (C=O) groups is 2. The Bertz CT molecular complexity index is 1150. The van der Waals surface area contributed by atoms with E-state index in [-0.39, 0.29) is 6.42 Å². The van der Waals surface area contributed by atoms with Crippen LogP contribution in [-0.2, 0) is 17.8 Å². The number of amides is 2. The fraction of sp³-hybridized carbons (Fsp3) is 0.0870. The number of para-hydroxylation sites is 2. The highest BCUT2D eigenvalue weighted by Crippen LogP contribution is 2.18. The van der Waals surface area contributed by atoms with Crippen molar-refractivity contribution >= 4 is 22.8 Å². The van der Waals surface area contributed by atoms with E-state index in [2.05, 4.69) is 16.0 Å². The number of benzene rings is 3. The molecule has 0 aliphatic rings. The summed E-state index contributed by atoms with van der Waals surface area (Å²) < 4.78 is 10.9. The molecule has 0 fully saturated rings. The Labute approximate surface area is 172 Å². The van der Waals surface area contributed by atoms with E-state index in [1.54, 1.807) is 30.3 Å². The summed E-state index contributed by atoms with van der Waals surface area (Å²) in [6.45, 7) is 0.397. The van der Waals surface area contributed by atoms with Gasteiger partial charge in [0.1, 0.15) is 18.1 Å². The summed E-state index contributed by atoms with van der Waals surface area (Å²) in [5, 5.41) is 4.68. The zero-order chi connectivity index (χ0) is 20.8. The third-order valence-electron chi connectivity index (χ3n) is 4.46. The van der Waals surface area contributed by atoms with Gasteiger partial charge in [0.15, 0.2) is 5.58 Å². The smallest absolute Gasteiger partial charge is 0.269 e. The second-order valence-corrected chi connectivity index (χ2v) is 6.60. The largest absolute Gasteiger partial charge is 0.489 e. The highest BCUT2D eigenvalue weighted by Gasteiger charge is 2.13. The number of nitrogens with zero attached hydrogens (tertiary/aromatic N) is 1. The van der Waals surface area contributed by atoms with Crippen LogP contribution in [0.1, 0.15) is 21.6 Å². The molecule has 0 saturated carbocycles. The van der Waals surface area contributed by atoms with Crippen molar-refractivity contribution < 1.29 is 18.8 Å². The fourth-order valence-corrected chi connectivity index (χ4v) is 2.90. The molecule has 0 bridgehead atoms. The van der Waals surface area contributed by atoms with Gasteiger partial charge in [-0.05, 0) is 42.0 Å². The first kappa shape index (κ1) is 19.2. The molecule has 2 N–H and O–H groups in total. The van der Waals surface area contributed by atoms with Crippen molar-refractivity contribution in [3.8, 4) is 5.75 Å². The Morgan fingerprint density at radius 1 is 0.867 bits per heavy atom. The van der Waals surface area contributed by atoms with E-state index in [1.165, 1.54) is 0 Å². The third-order valence-corrected chi connectivity index (χ3v) is 4.46. The highest BCUT2D eigenvalue weighted by atomic mass is 16.5. The van der Waals surface area contributed by atoms with Gasteiger partial charge in [0, 0.05) is 10.9 Å². The Kier molecular flexibility index (Phi) is 5.70. The molecular weight excluding hydrogens is 382 g/mol. The lowest BCUT2D eigenvalue weighted by Crippen LogP contribution is -2.42. The summed E-state index contributed by atoms with van der Waals surface area (Å²) in [6.07, 6.45) is -0.00689. The predicted octanol–water partition coefficient (Wildman–Crippen LogP) is 3.41. The summed E-state index contributed by atoms with van der Waals surface area (Å²) in [6, 6.07) is 23.7. The maximum atomic E-state index is 12.3. The lowest BCUT2D eigenvalue weighted by atomic mass is 10.1. The molecule has 0 aliphatic carbocycles. The van der Waals surface area contributed by atoms with E-state index < -0.39 is 11.8 Å². The molecule has 0 spiro atoms. The quantitative estimate of drug-likeness (QED) is 0.483. The minimum atomic E-state index is -0.413. The number of hydrogen-bond acceptors (Lipinski definition) is 5. The molecule has 30 heavy (non-hydrogen) atoms. The second kappa shape index (κ2) is 8.91. The Morgan fingerprint density at radius 3 is 2.40 bits per heavy atom. The van der Waals surface area contributed by atoms with Gasteiger partial charge in [0.2, 0.25) is 5.91 Å². The third kappa shape index (κ3) is 4.64. The van der Waals surface area contributed by atoms with Crippen LogP contribution in [0.5, 0.6) is 5.75 Å². The topological polar surface area (TPSA) is 93.5 Å². The first-order valence-electron chi connectivity index (χ1n) is 9.38. The standard InChI is InChI=1S/C23H19N3O4/c27-22(14-20-19-8-4-5-9-21(19)30-26-20)24-25-23(28)17-12-10-16(11-13-17)15-29-18-6-2-1-3-7-18/h1-13H,14-15H2,(H,24,27)(H,25,28). The first-order valence-corrected chi connectivity index (χ1v) is 9.38. The molecule has 0 radical (unpaired) electrons. The summed E-state index contributed by atoms with van der Waals surface area (Å²) in [4.78, 5) is 24.4. The molecule has 0 aliphatic heterocycles. The van der Waals surface area contributed by atoms with Gasteiger partial charge in [-0.3, -0.25) is 20.4 Å². The number of ether oxygens (including phenoxy) is 1. The van der Waals surface area contributed by atoms with E-state index in [0.717, 1.165) is 16.7 Å². The summed E-state index contributed by atoms with van der Waals surface area (Å²) >= 11 is 0. The molecule has 2 amide bonds. The van der Waals surface area contributed by atoms with E-state index >= 15 is 0 Å². The van der Waals surface area contributed by atoms with Crippen LogP contribution < -0.4 is 15.6 Å². The zero-order valence-electron chi connectivity index (χ0n) is 16.0. The molecule has 0 unspecified atom stereocenters. The number of hydrogen-bond donors (Lipinski definition) is 2. The normalized spacial score (nSPS) is 10.5. The van der Waals surface area contributed by atoms with Crippen molar-refractivity contribution in [2.75, 3.05) is 0 Å². The monoisotopic (exact) mass is 401 g/mol. The van der Waals surface area contributed by atoms with Crippen LogP contribution in [0, 0.1) is 0 Å². The van der Waals surface area contributed by atoms with Crippen molar-refractivity contribution in [1.29, 1.82) is 0 Å². The maximum Gasteiger partial charge on any atom is 0.269 e. The van der Waals surface area contributed by atoms with E-state index in [1.807, 2.05) is 48.5 Å². The molecule has 1 aromatic heterocycles. The number of fused-ring (bicyclic) bond motifs is 1. The molecule has 4 rings (SSSR count). The summed E-state index contributed by atoms with van der Waals surface area (Å²) in [5.41, 5.74) is 7.28. The van der Waals surface area contributed by atoms with E-state index in [9.17, 15) is 9.59 Å². The van der Waals surface area contributed by atoms with Crippen molar-refractivity contribution in [2.45, 2.75) is 13.0 Å². The van der Waals surface area contributed by atoms with Crippen LogP contribution in [0.25, 0.3) is 11.0 Å². The van der Waals surface area contributed by atoms with Gasteiger partial charge in [-0.15, -0.1) is 0 Å². The van der Waals surface area contributed by atoms with Gasteiger partial charge >= 0.3 is 0 Å². The average Bonchev–Trinajstić information content (AvgIpc) is 3.20. The molecule has 0 saturated heterocycles. The summed E-state index contributed by atoms with van der Waals surface area (Å²) in [7, 11) is 0. The molecule has 1 heterocycles. The van der Waals surface area contributed by atoms with Gasteiger partial charge < -0.3 is 9.26 Å². The average molecular weight is 401 g/mol. The minimum Gasteiger partial charge on any atom is -0.489 e. The van der Waals surface area contributed by atoms with Crippen LogP contribution in [0.2, 0.25) is 0 Å². The van der Waals surface area contributed by atoms with Gasteiger partial charge in [0.05, 0.1) is 6.42 Å². The van der Waals surface area contributed by atoms with Crippen LogP contribution in [0.3, 0.4) is 0 Å². The van der Waals surface area contributed by atoms with Gasteiger partial charge in [-0.1, -0.05) is 47.6 Å². The van der Waals surface area contributed by atoms with E-state index in [0.29, 0.717) is 23.4 Å². The van der Waals surface area contributed by atoms with Gasteiger partial charge in [-0.25, -0.2) is 0 Å². The summed E-state index contributed by atoms with van der Waals surface area (Å²) in [5.74, 6) is -0.0268. The predicted molar refractivity (Wildman–Crippen MR) is 111 cm³/mol. The van der Waals surface area contributed by atoms with Crippen molar-refractivity contribution in [1.82, 2.24) is 16.0 Å². The van der Waals surface area contributed by atoms with Crippen LogP contribution >= 0.6 is 0 Å². The molecule has 7 nitrogen and oxygen atoms in total. The minimum absolute atomic E-state index is 0.00689. The Balaban J connectivity index is 1.27. The molecule has 7 heteroatoms. The Morgan fingerprint density at radius 2 is 1.60 bits per heavy atom. The van der Waals surface area contributed by atoms with Gasteiger partial charge in [0.25, 0.3) is 5.91 Å². The number of aromatic nitrogens is 1. The molecule has 3 aromatic carbocycles. The van der Waals surface area contributed by atoms with Gasteiger partial charge in [-0.2, -0.15) is 0 Å². The molecule has 0 atom stereocenters. The van der Waals surface area contributed by atoms with E-state index in [4.69, 9.17) is 9.26 Å². The fourth-order valence-electron chi connectivity index (χ4n) is 2.90. The zero-order valence-corrected chi connectivity index (χ0v) is 16.0. The number of carbonyl (C=O) groups excluding carboxylic acids is 2. The molecular formula is C23H19N3O4. The number of nitrogens with one attached hydrogen (secondary N) is 2. The van der Waals surface area contributed by atoms with Crippen LogP contribution in [-0.4, -0.2) is 17.0 Å². The van der Waals surface area contributed by atoms with Crippen molar-refractivity contribution in [2.24, 2.45) is 0 Å². The second-order valence-electron chi connectivity index (χ2n) is 6.60. The first-order chi connectivity index (χ1) is 14.7. The lowest BCUT2D eigenvalue weighted by Gasteiger charge is -2.08. The highest BCUT2D eigenvalue weighted by molar-refractivity contribution is 5.95. The Hall–Kier alpha value is -4.13.